The van der Waals surface area contributed by atoms with Gasteiger partial charge in [-0.3, -0.25) is 4.79 Å². The lowest BCUT2D eigenvalue weighted by molar-refractivity contribution is 0.0927. The van der Waals surface area contributed by atoms with Gasteiger partial charge in [0.25, 0.3) is 0 Å². The third-order valence-electron chi connectivity index (χ3n) is 3.15. The molecule has 2 rings (SSSR count). The van der Waals surface area contributed by atoms with Crippen molar-refractivity contribution in [2.45, 2.75) is 26.7 Å². The monoisotopic (exact) mass is 330 g/mol. The molecule has 0 saturated carbocycles. The van der Waals surface area contributed by atoms with Crippen LogP contribution in [-0.4, -0.2) is 25.3 Å². The first kappa shape index (κ1) is 17.6. The van der Waals surface area contributed by atoms with Crippen molar-refractivity contribution in [2.75, 3.05) is 13.2 Å². The second kappa shape index (κ2) is 9.39. The van der Waals surface area contributed by atoms with Crippen molar-refractivity contribution in [1.29, 1.82) is 0 Å². The molecule has 0 radical (unpaired) electrons. The number of ether oxygens (including phenoxy) is 2. The molecule has 2 aromatic rings. The van der Waals surface area contributed by atoms with Gasteiger partial charge in [-0.05, 0) is 49.2 Å². The summed E-state index contributed by atoms with van der Waals surface area (Å²) in [6.45, 7) is 5.23. The van der Waals surface area contributed by atoms with Gasteiger partial charge in [-0.15, -0.1) is 0 Å². The van der Waals surface area contributed by atoms with Crippen molar-refractivity contribution in [3.8, 4) is 11.5 Å². The number of nitrogens with zero attached hydrogens (tertiary/aromatic N) is 1. The second-order valence-electron chi connectivity index (χ2n) is 5.02. The smallest absolute Gasteiger partial charge is 0.307 e. The van der Waals surface area contributed by atoms with Crippen LogP contribution in [0.2, 0.25) is 0 Å². The average molecular weight is 330 g/mol. The highest BCUT2D eigenvalue weighted by Gasteiger charge is 2.07. The number of rotatable bonds is 9. The number of benzene rings is 1. The molecule has 1 aromatic carbocycles. The summed E-state index contributed by atoms with van der Waals surface area (Å²) in [5.41, 5.74) is 3.20. The van der Waals surface area contributed by atoms with Crippen LogP contribution in [0, 0.1) is 0 Å². The van der Waals surface area contributed by atoms with Crippen LogP contribution in [0.3, 0.4) is 0 Å². The maximum absolute atomic E-state index is 11.7. The van der Waals surface area contributed by atoms with E-state index in [1.165, 1.54) is 6.26 Å². The molecule has 0 unspecified atom stereocenters. The van der Waals surface area contributed by atoms with Gasteiger partial charge in [-0.25, -0.2) is 5.43 Å². The Kier molecular flexibility index (Phi) is 6.89. The van der Waals surface area contributed by atoms with Crippen molar-refractivity contribution in [3.05, 3.63) is 47.9 Å². The van der Waals surface area contributed by atoms with Crippen LogP contribution in [0.4, 0.5) is 0 Å². The lowest BCUT2D eigenvalue weighted by atomic mass is 10.2. The fraction of sp³-hybridized carbons (Fsp3) is 0.333. The number of hydrazone groups is 1. The second-order valence-corrected chi connectivity index (χ2v) is 5.02. The SMILES string of the molecule is CCCCOc1ccc(/C=N\NC(=O)c2ccco2)cc1OCC. The zero-order chi connectivity index (χ0) is 17.2. The maximum atomic E-state index is 11.7. The Bertz CT molecular complexity index is 666. The number of carbonyl (C=O) groups excluding carboxylic acids is 1. The summed E-state index contributed by atoms with van der Waals surface area (Å²) in [6, 6.07) is 8.74. The van der Waals surface area contributed by atoms with E-state index in [2.05, 4.69) is 17.5 Å². The largest absolute Gasteiger partial charge is 0.490 e. The van der Waals surface area contributed by atoms with Crippen molar-refractivity contribution < 1.29 is 18.7 Å². The van der Waals surface area contributed by atoms with Gasteiger partial charge in [0.05, 0.1) is 25.7 Å². The summed E-state index contributed by atoms with van der Waals surface area (Å²) < 4.78 is 16.3. The van der Waals surface area contributed by atoms with Crippen molar-refractivity contribution >= 4 is 12.1 Å². The van der Waals surface area contributed by atoms with E-state index in [-0.39, 0.29) is 5.76 Å². The summed E-state index contributed by atoms with van der Waals surface area (Å²) >= 11 is 0. The van der Waals surface area contributed by atoms with E-state index < -0.39 is 5.91 Å². The fourth-order valence-electron chi connectivity index (χ4n) is 1.95. The highest BCUT2D eigenvalue weighted by molar-refractivity contribution is 5.92. The zero-order valence-corrected chi connectivity index (χ0v) is 14.0. The quantitative estimate of drug-likeness (QED) is 0.433. The van der Waals surface area contributed by atoms with E-state index in [9.17, 15) is 4.79 Å². The molecule has 128 valence electrons. The normalized spacial score (nSPS) is 10.8. The zero-order valence-electron chi connectivity index (χ0n) is 14.0. The van der Waals surface area contributed by atoms with Gasteiger partial charge >= 0.3 is 5.91 Å². The molecular formula is C18H22N2O4. The van der Waals surface area contributed by atoms with Gasteiger partial charge < -0.3 is 13.9 Å². The highest BCUT2D eigenvalue weighted by Crippen LogP contribution is 2.28. The first-order valence-corrected chi connectivity index (χ1v) is 8.01. The lowest BCUT2D eigenvalue weighted by Crippen LogP contribution is -2.16. The van der Waals surface area contributed by atoms with Crippen LogP contribution < -0.4 is 14.9 Å². The Labute approximate surface area is 141 Å². The summed E-state index contributed by atoms with van der Waals surface area (Å²) in [6.07, 6.45) is 5.04. The van der Waals surface area contributed by atoms with Gasteiger partial charge in [0, 0.05) is 0 Å². The third kappa shape index (κ3) is 5.15. The minimum atomic E-state index is -0.402. The molecule has 6 heteroatoms. The molecule has 1 heterocycles. The summed E-state index contributed by atoms with van der Waals surface area (Å²) in [4.78, 5) is 11.7. The number of hydrogen-bond acceptors (Lipinski definition) is 5. The van der Waals surface area contributed by atoms with Gasteiger partial charge in [-0.2, -0.15) is 5.10 Å². The van der Waals surface area contributed by atoms with Gasteiger partial charge in [0.2, 0.25) is 0 Å². The van der Waals surface area contributed by atoms with Crippen LogP contribution in [0.15, 0.2) is 46.1 Å². The third-order valence-corrected chi connectivity index (χ3v) is 3.15. The van der Waals surface area contributed by atoms with E-state index >= 15 is 0 Å². The molecular weight excluding hydrogens is 308 g/mol. The fourth-order valence-corrected chi connectivity index (χ4v) is 1.95. The van der Waals surface area contributed by atoms with Crippen molar-refractivity contribution in [1.82, 2.24) is 5.43 Å². The topological polar surface area (TPSA) is 73.1 Å². The number of nitrogens with one attached hydrogen (secondary N) is 1. The number of amides is 1. The Balaban J connectivity index is 2.00. The molecule has 0 aliphatic rings. The lowest BCUT2D eigenvalue weighted by Gasteiger charge is -2.12. The van der Waals surface area contributed by atoms with E-state index in [0.29, 0.717) is 24.7 Å². The van der Waals surface area contributed by atoms with Crippen LogP contribution >= 0.6 is 0 Å². The molecule has 6 nitrogen and oxygen atoms in total. The number of hydrogen-bond donors (Lipinski definition) is 1. The Morgan fingerprint density at radius 1 is 1.25 bits per heavy atom. The molecule has 0 saturated heterocycles. The molecule has 24 heavy (non-hydrogen) atoms. The van der Waals surface area contributed by atoms with Gasteiger partial charge in [0.15, 0.2) is 17.3 Å². The highest BCUT2D eigenvalue weighted by atomic mass is 16.5. The van der Waals surface area contributed by atoms with Crippen LogP contribution in [0.25, 0.3) is 0 Å². The van der Waals surface area contributed by atoms with E-state index in [1.54, 1.807) is 18.3 Å². The Hall–Kier alpha value is -2.76. The molecule has 0 fully saturated rings. The Morgan fingerprint density at radius 2 is 2.12 bits per heavy atom. The maximum Gasteiger partial charge on any atom is 0.307 e. The van der Waals surface area contributed by atoms with Crippen LogP contribution in [0.1, 0.15) is 42.8 Å². The molecule has 1 amide bonds. The predicted molar refractivity (Wildman–Crippen MR) is 91.8 cm³/mol. The average Bonchev–Trinajstić information content (AvgIpc) is 3.12. The van der Waals surface area contributed by atoms with E-state index in [1.807, 2.05) is 25.1 Å². The van der Waals surface area contributed by atoms with Crippen molar-refractivity contribution in [3.63, 3.8) is 0 Å². The van der Waals surface area contributed by atoms with Gasteiger partial charge in [0.1, 0.15) is 0 Å². The van der Waals surface area contributed by atoms with Crippen LogP contribution in [-0.2, 0) is 0 Å². The molecule has 0 aliphatic carbocycles. The molecule has 0 bridgehead atoms. The summed E-state index contributed by atoms with van der Waals surface area (Å²) in [5, 5.41) is 3.92. The molecule has 0 spiro atoms. The predicted octanol–water partition coefficient (Wildman–Crippen LogP) is 3.62. The summed E-state index contributed by atoms with van der Waals surface area (Å²) in [5.74, 6) is 1.18. The molecule has 1 N–H and O–H groups in total. The molecule has 1 aromatic heterocycles. The Morgan fingerprint density at radius 3 is 2.83 bits per heavy atom. The minimum absolute atomic E-state index is 0.210. The van der Waals surface area contributed by atoms with Gasteiger partial charge in [-0.1, -0.05) is 13.3 Å². The first-order valence-electron chi connectivity index (χ1n) is 8.01. The molecule has 0 aliphatic heterocycles. The number of furan rings is 1. The number of unbranched alkanes of at least 4 members (excludes halogenated alkanes) is 1. The minimum Gasteiger partial charge on any atom is -0.490 e. The standard InChI is InChI=1S/C18H22N2O4/c1-3-5-10-23-15-9-8-14(12-17(15)22-4-2)13-19-20-18(21)16-7-6-11-24-16/h6-9,11-13H,3-5,10H2,1-2H3,(H,20,21)/b19-13-. The van der Waals surface area contributed by atoms with Crippen molar-refractivity contribution in [2.24, 2.45) is 5.10 Å². The molecule has 0 atom stereocenters. The number of carbonyl (C=O) groups is 1. The van der Waals surface area contributed by atoms with E-state index in [4.69, 9.17) is 13.9 Å². The van der Waals surface area contributed by atoms with Crippen LogP contribution in [0.5, 0.6) is 11.5 Å². The first-order chi connectivity index (χ1) is 11.7. The summed E-state index contributed by atoms with van der Waals surface area (Å²) in [7, 11) is 0. The van der Waals surface area contributed by atoms with E-state index in [0.717, 1.165) is 18.4 Å².